The molecular formula is C20H19BrClF4N5O. The van der Waals surface area contributed by atoms with Crippen LogP contribution >= 0.6 is 27.5 Å². The van der Waals surface area contributed by atoms with Gasteiger partial charge in [0.05, 0.1) is 27.4 Å². The van der Waals surface area contributed by atoms with Gasteiger partial charge < -0.3 is 5.32 Å². The van der Waals surface area contributed by atoms with Crippen LogP contribution < -0.4 is 5.32 Å². The fourth-order valence-corrected chi connectivity index (χ4v) is 3.76. The predicted molar refractivity (Wildman–Crippen MR) is 115 cm³/mol. The Balaban J connectivity index is 1.81. The highest BCUT2D eigenvalue weighted by Crippen LogP contribution is 2.36. The van der Waals surface area contributed by atoms with Gasteiger partial charge in [-0.25, -0.2) is 22.2 Å². The molecular weight excluding hydrogens is 518 g/mol. The van der Waals surface area contributed by atoms with Crippen LogP contribution in [0.2, 0.25) is 5.02 Å². The lowest BCUT2D eigenvalue weighted by molar-refractivity contribution is -0.119. The van der Waals surface area contributed by atoms with Gasteiger partial charge in [-0.2, -0.15) is 10.2 Å². The Bertz CT molecular complexity index is 1150. The molecule has 12 heteroatoms. The van der Waals surface area contributed by atoms with E-state index in [1.54, 1.807) is 22.9 Å². The van der Waals surface area contributed by atoms with Gasteiger partial charge >= 0.3 is 0 Å². The first-order valence-corrected chi connectivity index (χ1v) is 10.6. The molecule has 0 bridgehead atoms. The van der Waals surface area contributed by atoms with Crippen LogP contribution in [0.4, 0.5) is 23.2 Å². The molecule has 1 aromatic carbocycles. The summed E-state index contributed by atoms with van der Waals surface area (Å²) in [6, 6.07) is 5.60. The van der Waals surface area contributed by atoms with E-state index in [0.29, 0.717) is 16.9 Å². The first-order valence-electron chi connectivity index (χ1n) is 9.44. The van der Waals surface area contributed by atoms with Gasteiger partial charge in [0.15, 0.2) is 0 Å². The van der Waals surface area contributed by atoms with Crippen molar-refractivity contribution in [3.63, 3.8) is 0 Å². The largest absolute Gasteiger partial charge is 0.324 e. The van der Waals surface area contributed by atoms with Crippen LogP contribution in [0.1, 0.15) is 54.2 Å². The van der Waals surface area contributed by atoms with Gasteiger partial charge in [0.25, 0.3) is 12.9 Å². The number of aryl methyl sites for hydroxylation is 1. The lowest BCUT2D eigenvalue weighted by Gasteiger charge is -2.16. The van der Waals surface area contributed by atoms with E-state index in [0.717, 1.165) is 21.4 Å². The van der Waals surface area contributed by atoms with Crippen molar-refractivity contribution in [2.24, 2.45) is 0 Å². The molecule has 0 aliphatic rings. The van der Waals surface area contributed by atoms with E-state index < -0.39 is 41.2 Å². The van der Waals surface area contributed by atoms with Crippen molar-refractivity contribution in [2.45, 2.75) is 46.2 Å². The molecule has 2 aromatic heterocycles. The van der Waals surface area contributed by atoms with Gasteiger partial charge in [0.1, 0.15) is 17.4 Å². The topological polar surface area (TPSA) is 64.7 Å². The minimum Gasteiger partial charge on any atom is -0.324 e. The maximum atomic E-state index is 13.4. The van der Waals surface area contributed by atoms with Crippen LogP contribution in [-0.4, -0.2) is 25.5 Å². The summed E-state index contributed by atoms with van der Waals surface area (Å²) in [4.78, 5) is 12.7. The molecule has 1 atom stereocenters. The van der Waals surface area contributed by atoms with Crippen molar-refractivity contribution in [2.75, 3.05) is 5.32 Å². The van der Waals surface area contributed by atoms with Crippen LogP contribution in [0.3, 0.4) is 0 Å². The number of hydrogen-bond donors (Lipinski definition) is 1. The molecule has 6 nitrogen and oxygen atoms in total. The molecule has 1 amide bonds. The van der Waals surface area contributed by atoms with Crippen molar-refractivity contribution in [1.82, 2.24) is 19.6 Å². The van der Waals surface area contributed by atoms with E-state index >= 15 is 0 Å². The number of alkyl halides is 4. The van der Waals surface area contributed by atoms with Gasteiger partial charge in [-0.3, -0.25) is 9.48 Å². The molecule has 1 unspecified atom stereocenters. The van der Waals surface area contributed by atoms with Crippen LogP contribution in [0, 0.1) is 13.8 Å². The quantitative estimate of drug-likeness (QED) is 0.364. The summed E-state index contributed by atoms with van der Waals surface area (Å²) in [7, 11) is 0. The van der Waals surface area contributed by atoms with E-state index in [-0.39, 0.29) is 0 Å². The zero-order valence-electron chi connectivity index (χ0n) is 17.2. The average Bonchev–Trinajstić information content (AvgIpc) is 3.19. The van der Waals surface area contributed by atoms with Crippen LogP contribution in [0.15, 0.2) is 28.7 Å². The molecule has 172 valence electrons. The second-order valence-electron chi connectivity index (χ2n) is 7.14. The number of halogens is 6. The molecule has 3 rings (SSSR count). The van der Waals surface area contributed by atoms with Crippen molar-refractivity contribution < 1.29 is 22.4 Å². The maximum absolute atomic E-state index is 13.4. The van der Waals surface area contributed by atoms with Crippen LogP contribution in [-0.2, 0) is 11.3 Å². The van der Waals surface area contributed by atoms with Crippen molar-refractivity contribution in [1.29, 1.82) is 0 Å². The van der Waals surface area contributed by atoms with E-state index in [1.807, 2.05) is 19.9 Å². The van der Waals surface area contributed by atoms with Gasteiger partial charge in [0.2, 0.25) is 5.91 Å². The van der Waals surface area contributed by atoms with Gasteiger partial charge in [-0.05, 0) is 54.4 Å². The number of carbonyl (C=O) groups is 1. The van der Waals surface area contributed by atoms with Gasteiger partial charge in [0, 0.05) is 5.69 Å². The Morgan fingerprint density at radius 2 is 1.88 bits per heavy atom. The Morgan fingerprint density at radius 3 is 2.44 bits per heavy atom. The third-order valence-electron chi connectivity index (χ3n) is 4.89. The Hall–Kier alpha value is -2.40. The predicted octanol–water partition coefficient (Wildman–Crippen LogP) is 6.24. The van der Waals surface area contributed by atoms with E-state index in [2.05, 4.69) is 31.4 Å². The number of aromatic nitrogens is 4. The number of nitrogens with zero attached hydrogens (tertiary/aromatic N) is 4. The Kier molecular flexibility index (Phi) is 7.29. The zero-order valence-corrected chi connectivity index (χ0v) is 19.6. The summed E-state index contributed by atoms with van der Waals surface area (Å²) < 4.78 is 56.2. The summed E-state index contributed by atoms with van der Waals surface area (Å²) in [6.45, 7) is 5.51. The fourth-order valence-electron chi connectivity index (χ4n) is 3.18. The average molecular weight is 537 g/mol. The summed E-state index contributed by atoms with van der Waals surface area (Å²) in [5, 5.41) is 9.67. The second kappa shape index (κ2) is 9.62. The fraction of sp³-hybridized carbons (Fsp3) is 0.350. The van der Waals surface area contributed by atoms with Crippen molar-refractivity contribution in [3.05, 3.63) is 62.1 Å². The molecule has 0 saturated heterocycles. The highest BCUT2D eigenvalue weighted by atomic mass is 79.9. The number of anilines is 1. The number of rotatable bonds is 7. The van der Waals surface area contributed by atoms with Crippen LogP contribution in [0.5, 0.6) is 0 Å². The summed E-state index contributed by atoms with van der Waals surface area (Å²) >= 11 is 9.14. The normalized spacial score (nSPS) is 12.6. The van der Waals surface area contributed by atoms with Crippen LogP contribution in [0.25, 0.3) is 0 Å². The lowest BCUT2D eigenvalue weighted by atomic mass is 10.2. The Morgan fingerprint density at radius 1 is 1.19 bits per heavy atom. The van der Waals surface area contributed by atoms with E-state index in [9.17, 15) is 22.4 Å². The third kappa shape index (κ3) is 4.83. The molecule has 3 aromatic rings. The summed E-state index contributed by atoms with van der Waals surface area (Å²) in [6.07, 6.45) is -6.33. The molecule has 0 aliphatic carbocycles. The first kappa shape index (κ1) is 24.2. The van der Waals surface area contributed by atoms with Crippen molar-refractivity contribution in [3.8, 4) is 0 Å². The smallest absolute Gasteiger partial charge is 0.283 e. The number of amides is 1. The van der Waals surface area contributed by atoms with E-state index in [1.165, 1.54) is 6.92 Å². The number of carbonyl (C=O) groups excluding carboxylic acids is 1. The van der Waals surface area contributed by atoms with Crippen molar-refractivity contribution >= 4 is 39.1 Å². The highest BCUT2D eigenvalue weighted by Gasteiger charge is 2.31. The molecule has 0 spiro atoms. The molecule has 2 heterocycles. The van der Waals surface area contributed by atoms with E-state index in [4.69, 9.17) is 11.6 Å². The zero-order chi connectivity index (χ0) is 23.7. The molecule has 0 radical (unpaired) electrons. The standard InChI is InChI=1S/C20H19BrClF4N5O/c1-9-14(21)10(2)30(28-9)8-12-5-4-6-13(7-12)27-20(32)11(3)31-17(19(25)26)15(22)16(29-31)18(23)24/h4-7,11,18-19H,8H2,1-3H3,(H,27,32). The summed E-state index contributed by atoms with van der Waals surface area (Å²) in [5.74, 6) is -0.710. The van der Waals surface area contributed by atoms with Gasteiger partial charge in [-0.1, -0.05) is 23.7 Å². The maximum Gasteiger partial charge on any atom is 0.283 e. The molecule has 0 aliphatic heterocycles. The minimum absolute atomic E-state index is 0.408. The first-order chi connectivity index (χ1) is 15.0. The second-order valence-corrected chi connectivity index (χ2v) is 8.31. The van der Waals surface area contributed by atoms with Gasteiger partial charge in [-0.15, -0.1) is 0 Å². The third-order valence-corrected chi connectivity index (χ3v) is 6.43. The number of hydrogen-bond acceptors (Lipinski definition) is 3. The number of nitrogens with one attached hydrogen (secondary N) is 1. The minimum atomic E-state index is -3.18. The SMILES string of the molecule is Cc1nn(Cc2cccc(NC(=O)C(C)n3nc(C(F)F)c(Cl)c3C(F)F)c2)c(C)c1Br. The molecule has 32 heavy (non-hydrogen) atoms. The highest BCUT2D eigenvalue weighted by molar-refractivity contribution is 9.10. The number of benzene rings is 1. The monoisotopic (exact) mass is 535 g/mol. The lowest BCUT2D eigenvalue weighted by Crippen LogP contribution is -2.26. The molecule has 0 saturated carbocycles. The Labute approximate surface area is 194 Å². The summed E-state index contributed by atoms with van der Waals surface area (Å²) in [5.41, 5.74) is 1.12. The molecule has 1 N–H and O–H groups in total. The molecule has 0 fully saturated rings.